The summed E-state index contributed by atoms with van der Waals surface area (Å²) >= 11 is 0. The Labute approximate surface area is 171 Å². The second kappa shape index (κ2) is 8.51. The molecular weight excluding hydrogens is 388 g/mol. The minimum atomic E-state index is -3.45. The SMILES string of the molecule is O=C(Nc1ccc(S(=O)(=O)N2CCCC2)cc1)c1cccnc1N1CCCCC1. The molecule has 1 amide bonds. The van der Waals surface area contributed by atoms with Crippen molar-refractivity contribution in [2.75, 3.05) is 36.4 Å². The lowest BCUT2D eigenvalue weighted by Gasteiger charge is -2.29. The molecule has 3 heterocycles. The van der Waals surface area contributed by atoms with E-state index in [1.54, 1.807) is 42.6 Å². The molecule has 0 unspecified atom stereocenters. The molecule has 7 nitrogen and oxygen atoms in total. The molecule has 29 heavy (non-hydrogen) atoms. The third-order valence-electron chi connectivity index (χ3n) is 5.50. The van der Waals surface area contributed by atoms with Crippen molar-refractivity contribution in [3.8, 4) is 0 Å². The van der Waals surface area contributed by atoms with Gasteiger partial charge < -0.3 is 10.2 Å². The summed E-state index contributed by atoms with van der Waals surface area (Å²) < 4.78 is 26.8. The summed E-state index contributed by atoms with van der Waals surface area (Å²) in [6.07, 6.45) is 6.92. The van der Waals surface area contributed by atoms with Gasteiger partial charge in [-0.15, -0.1) is 0 Å². The van der Waals surface area contributed by atoms with Crippen molar-refractivity contribution in [1.29, 1.82) is 0 Å². The highest BCUT2D eigenvalue weighted by Gasteiger charge is 2.27. The summed E-state index contributed by atoms with van der Waals surface area (Å²) in [6.45, 7) is 2.95. The number of pyridine rings is 1. The lowest BCUT2D eigenvalue weighted by Crippen LogP contribution is -2.32. The quantitative estimate of drug-likeness (QED) is 0.813. The van der Waals surface area contributed by atoms with Gasteiger partial charge in [0.2, 0.25) is 10.0 Å². The Morgan fingerprint density at radius 1 is 0.897 bits per heavy atom. The van der Waals surface area contributed by atoms with Crippen molar-refractivity contribution >= 4 is 27.4 Å². The fraction of sp³-hybridized carbons (Fsp3) is 0.429. The first-order valence-corrected chi connectivity index (χ1v) is 11.6. The number of piperidine rings is 1. The van der Waals surface area contributed by atoms with Gasteiger partial charge in [0.25, 0.3) is 5.91 Å². The van der Waals surface area contributed by atoms with E-state index < -0.39 is 10.0 Å². The molecule has 2 aliphatic heterocycles. The lowest BCUT2D eigenvalue weighted by molar-refractivity contribution is 0.102. The lowest BCUT2D eigenvalue weighted by atomic mass is 10.1. The van der Waals surface area contributed by atoms with Crippen LogP contribution in [0.1, 0.15) is 42.5 Å². The topological polar surface area (TPSA) is 82.6 Å². The number of hydrogen-bond acceptors (Lipinski definition) is 5. The van der Waals surface area contributed by atoms with Gasteiger partial charge in [0.15, 0.2) is 0 Å². The first-order valence-electron chi connectivity index (χ1n) is 10.2. The fourth-order valence-electron chi connectivity index (χ4n) is 3.92. The minimum absolute atomic E-state index is 0.242. The van der Waals surface area contributed by atoms with Gasteiger partial charge >= 0.3 is 0 Å². The third kappa shape index (κ3) is 4.28. The van der Waals surface area contributed by atoms with Crippen LogP contribution >= 0.6 is 0 Å². The van der Waals surface area contributed by atoms with Crippen LogP contribution in [0.2, 0.25) is 0 Å². The van der Waals surface area contributed by atoms with Crippen molar-refractivity contribution in [2.45, 2.75) is 37.0 Å². The van der Waals surface area contributed by atoms with E-state index in [9.17, 15) is 13.2 Å². The number of rotatable bonds is 5. The smallest absolute Gasteiger partial charge is 0.259 e. The Morgan fingerprint density at radius 2 is 1.55 bits per heavy atom. The zero-order valence-corrected chi connectivity index (χ0v) is 17.2. The second-order valence-electron chi connectivity index (χ2n) is 7.51. The average molecular weight is 415 g/mol. The Kier molecular flexibility index (Phi) is 5.82. The van der Waals surface area contributed by atoms with Crippen LogP contribution in [0.15, 0.2) is 47.5 Å². The number of carbonyl (C=O) groups excluding carboxylic acids is 1. The zero-order valence-electron chi connectivity index (χ0n) is 16.4. The van der Waals surface area contributed by atoms with Crippen molar-refractivity contribution < 1.29 is 13.2 Å². The van der Waals surface area contributed by atoms with E-state index in [-0.39, 0.29) is 10.8 Å². The molecule has 0 atom stereocenters. The monoisotopic (exact) mass is 414 g/mol. The maximum absolute atomic E-state index is 12.9. The predicted octanol–water partition coefficient (Wildman–Crippen LogP) is 3.11. The van der Waals surface area contributed by atoms with Crippen molar-refractivity contribution in [2.24, 2.45) is 0 Å². The van der Waals surface area contributed by atoms with Crippen LogP contribution in [0, 0.1) is 0 Å². The summed E-state index contributed by atoms with van der Waals surface area (Å²) in [4.78, 5) is 19.7. The van der Waals surface area contributed by atoms with E-state index in [4.69, 9.17) is 0 Å². The molecule has 0 radical (unpaired) electrons. The number of hydrogen-bond donors (Lipinski definition) is 1. The van der Waals surface area contributed by atoms with Gasteiger partial charge in [-0.3, -0.25) is 4.79 Å². The van der Waals surface area contributed by atoms with Gasteiger partial charge in [-0.1, -0.05) is 0 Å². The molecule has 154 valence electrons. The van der Waals surface area contributed by atoms with Gasteiger partial charge in [0.05, 0.1) is 10.5 Å². The molecule has 4 rings (SSSR count). The molecule has 0 spiro atoms. The van der Waals surface area contributed by atoms with Gasteiger partial charge in [0.1, 0.15) is 5.82 Å². The van der Waals surface area contributed by atoms with E-state index in [2.05, 4.69) is 15.2 Å². The summed E-state index contributed by atoms with van der Waals surface area (Å²) in [6, 6.07) is 9.91. The number of carbonyl (C=O) groups is 1. The summed E-state index contributed by atoms with van der Waals surface area (Å²) in [5, 5.41) is 2.87. The van der Waals surface area contributed by atoms with Crippen LogP contribution < -0.4 is 10.2 Å². The number of sulfonamides is 1. The average Bonchev–Trinajstić information content (AvgIpc) is 3.31. The van der Waals surface area contributed by atoms with Crippen LogP contribution in [-0.2, 0) is 10.0 Å². The normalized spacial score (nSPS) is 18.0. The highest BCUT2D eigenvalue weighted by atomic mass is 32.2. The summed E-state index contributed by atoms with van der Waals surface area (Å²) in [5.74, 6) is 0.465. The molecule has 0 bridgehead atoms. The van der Waals surface area contributed by atoms with E-state index in [0.717, 1.165) is 38.8 Å². The molecule has 0 saturated carbocycles. The number of aromatic nitrogens is 1. The molecule has 2 fully saturated rings. The van der Waals surface area contributed by atoms with Crippen LogP contribution in [-0.4, -0.2) is 49.8 Å². The van der Waals surface area contributed by atoms with Gasteiger partial charge in [-0.05, 0) is 68.5 Å². The molecule has 2 aromatic rings. The van der Waals surface area contributed by atoms with E-state index in [0.29, 0.717) is 30.2 Å². The van der Waals surface area contributed by atoms with Gasteiger partial charge in [0, 0.05) is 38.1 Å². The first kappa shape index (κ1) is 19.8. The molecule has 1 aromatic heterocycles. The Balaban J connectivity index is 1.49. The summed E-state index contributed by atoms with van der Waals surface area (Å²) in [7, 11) is -3.45. The Bertz CT molecular complexity index is 964. The highest BCUT2D eigenvalue weighted by molar-refractivity contribution is 7.89. The maximum Gasteiger partial charge on any atom is 0.259 e. The molecule has 2 saturated heterocycles. The van der Waals surface area contributed by atoms with Crippen LogP contribution in [0.5, 0.6) is 0 Å². The van der Waals surface area contributed by atoms with E-state index in [1.807, 2.05) is 0 Å². The third-order valence-corrected chi connectivity index (χ3v) is 7.41. The molecule has 1 aromatic carbocycles. The number of benzene rings is 1. The van der Waals surface area contributed by atoms with Crippen LogP contribution in [0.4, 0.5) is 11.5 Å². The number of nitrogens with one attached hydrogen (secondary N) is 1. The van der Waals surface area contributed by atoms with Crippen LogP contribution in [0.3, 0.4) is 0 Å². The van der Waals surface area contributed by atoms with E-state index in [1.165, 1.54) is 10.7 Å². The standard InChI is InChI=1S/C21H26N4O3S/c26-21(19-7-6-12-22-20(19)24-13-2-1-3-14-24)23-17-8-10-18(11-9-17)29(27,28)25-15-4-5-16-25/h6-12H,1-5,13-16H2,(H,23,26). The molecule has 2 aliphatic rings. The number of anilines is 2. The van der Waals surface area contributed by atoms with E-state index >= 15 is 0 Å². The minimum Gasteiger partial charge on any atom is -0.356 e. The molecular formula is C21H26N4O3S. The van der Waals surface area contributed by atoms with Crippen molar-refractivity contribution in [1.82, 2.24) is 9.29 Å². The van der Waals surface area contributed by atoms with Crippen LogP contribution in [0.25, 0.3) is 0 Å². The predicted molar refractivity (Wildman–Crippen MR) is 113 cm³/mol. The number of nitrogens with zero attached hydrogens (tertiary/aromatic N) is 3. The van der Waals surface area contributed by atoms with Crippen molar-refractivity contribution in [3.63, 3.8) is 0 Å². The number of amides is 1. The zero-order chi connectivity index (χ0) is 20.3. The van der Waals surface area contributed by atoms with Crippen molar-refractivity contribution in [3.05, 3.63) is 48.2 Å². The Hall–Kier alpha value is -2.45. The van der Waals surface area contributed by atoms with Gasteiger partial charge in [-0.25, -0.2) is 13.4 Å². The highest BCUT2D eigenvalue weighted by Crippen LogP contribution is 2.24. The largest absolute Gasteiger partial charge is 0.356 e. The molecule has 8 heteroatoms. The fourth-order valence-corrected chi connectivity index (χ4v) is 5.44. The molecule has 1 N–H and O–H groups in total. The van der Waals surface area contributed by atoms with Gasteiger partial charge in [-0.2, -0.15) is 4.31 Å². The maximum atomic E-state index is 12.9. The molecule has 0 aliphatic carbocycles. The summed E-state index contributed by atoms with van der Waals surface area (Å²) in [5.41, 5.74) is 1.09. The second-order valence-corrected chi connectivity index (χ2v) is 9.45. The first-order chi connectivity index (χ1) is 14.1. The Morgan fingerprint density at radius 3 is 2.24 bits per heavy atom.